The molecule has 0 amide bonds. The topological polar surface area (TPSA) is 37.8 Å². The SMILES string of the molecule is Cc1ncc(CNCc2cccc3cnccc23)s1. The van der Waals surface area contributed by atoms with E-state index in [2.05, 4.69) is 39.6 Å². The minimum Gasteiger partial charge on any atom is -0.308 e. The Labute approximate surface area is 116 Å². The van der Waals surface area contributed by atoms with Crippen LogP contribution in [0.25, 0.3) is 10.8 Å². The van der Waals surface area contributed by atoms with Crippen molar-refractivity contribution in [3.05, 3.63) is 58.3 Å². The van der Waals surface area contributed by atoms with E-state index < -0.39 is 0 Å². The lowest BCUT2D eigenvalue weighted by Gasteiger charge is -2.07. The highest BCUT2D eigenvalue weighted by Crippen LogP contribution is 2.17. The Hall–Kier alpha value is -1.78. The number of rotatable bonds is 4. The zero-order valence-corrected chi connectivity index (χ0v) is 11.6. The lowest BCUT2D eigenvalue weighted by atomic mass is 10.1. The van der Waals surface area contributed by atoms with Gasteiger partial charge in [0.25, 0.3) is 0 Å². The van der Waals surface area contributed by atoms with E-state index >= 15 is 0 Å². The number of aryl methyl sites for hydroxylation is 1. The fraction of sp³-hybridized carbons (Fsp3) is 0.200. The van der Waals surface area contributed by atoms with Crippen molar-refractivity contribution in [2.75, 3.05) is 0 Å². The minimum absolute atomic E-state index is 0.859. The first kappa shape index (κ1) is 12.3. The zero-order valence-electron chi connectivity index (χ0n) is 10.8. The Balaban J connectivity index is 1.71. The summed E-state index contributed by atoms with van der Waals surface area (Å²) in [6, 6.07) is 8.41. The van der Waals surface area contributed by atoms with Crippen molar-refractivity contribution >= 4 is 22.1 Å². The van der Waals surface area contributed by atoms with Crippen molar-refractivity contribution in [3.63, 3.8) is 0 Å². The normalized spacial score (nSPS) is 11.0. The van der Waals surface area contributed by atoms with Gasteiger partial charge in [-0.15, -0.1) is 11.3 Å². The van der Waals surface area contributed by atoms with Crippen LogP contribution in [0.5, 0.6) is 0 Å². The third-order valence-corrected chi connectivity index (χ3v) is 3.97. The molecule has 0 unspecified atom stereocenters. The van der Waals surface area contributed by atoms with E-state index in [9.17, 15) is 0 Å². The summed E-state index contributed by atoms with van der Waals surface area (Å²) in [5.74, 6) is 0. The second kappa shape index (κ2) is 5.47. The summed E-state index contributed by atoms with van der Waals surface area (Å²) in [7, 11) is 0. The predicted octanol–water partition coefficient (Wildman–Crippen LogP) is 3.29. The van der Waals surface area contributed by atoms with Crippen LogP contribution in [0.4, 0.5) is 0 Å². The summed E-state index contributed by atoms with van der Waals surface area (Å²) < 4.78 is 0. The molecule has 4 heteroatoms. The van der Waals surface area contributed by atoms with Gasteiger partial charge in [0.15, 0.2) is 0 Å². The predicted molar refractivity (Wildman–Crippen MR) is 79.1 cm³/mol. The van der Waals surface area contributed by atoms with Crippen LogP contribution in [0.2, 0.25) is 0 Å². The number of nitrogens with one attached hydrogen (secondary N) is 1. The molecule has 0 saturated heterocycles. The van der Waals surface area contributed by atoms with Crippen LogP contribution in [-0.2, 0) is 13.1 Å². The maximum Gasteiger partial charge on any atom is 0.0897 e. The highest BCUT2D eigenvalue weighted by atomic mass is 32.1. The first-order valence-electron chi connectivity index (χ1n) is 6.26. The van der Waals surface area contributed by atoms with Crippen LogP contribution in [0.3, 0.4) is 0 Å². The van der Waals surface area contributed by atoms with Gasteiger partial charge >= 0.3 is 0 Å². The maximum atomic E-state index is 4.26. The molecule has 1 N–H and O–H groups in total. The molecule has 0 radical (unpaired) electrons. The summed E-state index contributed by atoms with van der Waals surface area (Å²) in [6.07, 6.45) is 5.70. The molecule has 19 heavy (non-hydrogen) atoms. The molecule has 3 rings (SSSR count). The number of fused-ring (bicyclic) bond motifs is 1. The van der Waals surface area contributed by atoms with Gasteiger partial charge in [-0.1, -0.05) is 18.2 Å². The molecule has 0 bridgehead atoms. The van der Waals surface area contributed by atoms with Gasteiger partial charge < -0.3 is 5.32 Å². The molecule has 0 atom stereocenters. The summed E-state index contributed by atoms with van der Waals surface area (Å²) in [4.78, 5) is 9.70. The molecular formula is C15H15N3S. The minimum atomic E-state index is 0.859. The van der Waals surface area contributed by atoms with Gasteiger partial charge in [0.2, 0.25) is 0 Å². The second-order valence-corrected chi connectivity index (χ2v) is 5.78. The summed E-state index contributed by atoms with van der Waals surface area (Å²) >= 11 is 1.74. The average Bonchev–Trinajstić information content (AvgIpc) is 2.85. The van der Waals surface area contributed by atoms with Crippen LogP contribution in [-0.4, -0.2) is 9.97 Å². The molecule has 1 aromatic carbocycles. The molecule has 2 heterocycles. The van der Waals surface area contributed by atoms with Crippen molar-refractivity contribution in [1.29, 1.82) is 0 Å². The Kier molecular flexibility index (Phi) is 3.53. The Bertz CT molecular complexity index is 685. The van der Waals surface area contributed by atoms with E-state index in [0.717, 1.165) is 18.1 Å². The van der Waals surface area contributed by atoms with Crippen LogP contribution in [0.1, 0.15) is 15.4 Å². The van der Waals surface area contributed by atoms with Gasteiger partial charge in [-0.05, 0) is 23.9 Å². The fourth-order valence-electron chi connectivity index (χ4n) is 2.15. The van der Waals surface area contributed by atoms with E-state index in [1.165, 1.54) is 21.2 Å². The monoisotopic (exact) mass is 269 g/mol. The van der Waals surface area contributed by atoms with E-state index in [0.29, 0.717) is 0 Å². The standard InChI is InChI=1S/C15H15N3S/c1-11-18-10-14(19-11)9-17-8-13-4-2-3-12-7-16-6-5-15(12)13/h2-7,10,17H,8-9H2,1H3. The second-order valence-electron chi connectivity index (χ2n) is 4.46. The average molecular weight is 269 g/mol. The van der Waals surface area contributed by atoms with E-state index in [-0.39, 0.29) is 0 Å². The number of hydrogen-bond donors (Lipinski definition) is 1. The van der Waals surface area contributed by atoms with Crippen LogP contribution in [0.15, 0.2) is 42.9 Å². The maximum absolute atomic E-state index is 4.26. The number of hydrogen-bond acceptors (Lipinski definition) is 4. The number of aromatic nitrogens is 2. The number of benzene rings is 1. The van der Waals surface area contributed by atoms with Crippen molar-refractivity contribution in [3.8, 4) is 0 Å². The molecule has 0 aliphatic carbocycles. The van der Waals surface area contributed by atoms with Gasteiger partial charge in [-0.2, -0.15) is 0 Å². The molecule has 0 aliphatic heterocycles. The molecular weight excluding hydrogens is 254 g/mol. The first-order valence-corrected chi connectivity index (χ1v) is 7.08. The van der Waals surface area contributed by atoms with Gasteiger partial charge in [-0.25, -0.2) is 4.98 Å². The van der Waals surface area contributed by atoms with Gasteiger partial charge in [0, 0.05) is 41.9 Å². The molecule has 0 fully saturated rings. The molecule has 96 valence electrons. The van der Waals surface area contributed by atoms with Crippen molar-refractivity contribution < 1.29 is 0 Å². The number of thiazole rings is 1. The lowest BCUT2D eigenvalue weighted by Crippen LogP contribution is -2.12. The van der Waals surface area contributed by atoms with E-state index in [1.807, 2.05) is 25.5 Å². The van der Waals surface area contributed by atoms with Crippen LogP contribution >= 0.6 is 11.3 Å². The Morgan fingerprint density at radius 2 is 2.11 bits per heavy atom. The van der Waals surface area contributed by atoms with Crippen LogP contribution in [0, 0.1) is 6.92 Å². The quantitative estimate of drug-likeness (QED) is 0.789. The summed E-state index contributed by atoms with van der Waals surface area (Å²) in [6.45, 7) is 3.76. The number of pyridine rings is 1. The van der Waals surface area contributed by atoms with Gasteiger partial charge in [0.05, 0.1) is 5.01 Å². The smallest absolute Gasteiger partial charge is 0.0897 e. The van der Waals surface area contributed by atoms with E-state index in [1.54, 1.807) is 11.3 Å². The highest BCUT2D eigenvalue weighted by Gasteiger charge is 2.01. The molecule has 0 aliphatic rings. The molecule has 0 spiro atoms. The molecule has 3 aromatic rings. The number of nitrogens with zero attached hydrogens (tertiary/aromatic N) is 2. The third-order valence-electron chi connectivity index (χ3n) is 3.05. The van der Waals surface area contributed by atoms with Crippen molar-refractivity contribution in [2.24, 2.45) is 0 Å². The molecule has 0 saturated carbocycles. The third kappa shape index (κ3) is 2.80. The van der Waals surface area contributed by atoms with Gasteiger partial charge in [0.1, 0.15) is 0 Å². The zero-order chi connectivity index (χ0) is 13.1. The van der Waals surface area contributed by atoms with Gasteiger partial charge in [-0.3, -0.25) is 4.98 Å². The molecule has 2 aromatic heterocycles. The highest BCUT2D eigenvalue weighted by molar-refractivity contribution is 7.11. The fourth-order valence-corrected chi connectivity index (χ4v) is 2.92. The van der Waals surface area contributed by atoms with Crippen molar-refractivity contribution in [2.45, 2.75) is 20.0 Å². The van der Waals surface area contributed by atoms with Crippen molar-refractivity contribution in [1.82, 2.24) is 15.3 Å². The van der Waals surface area contributed by atoms with E-state index in [4.69, 9.17) is 0 Å². The lowest BCUT2D eigenvalue weighted by molar-refractivity contribution is 0.703. The van der Waals surface area contributed by atoms with Crippen LogP contribution < -0.4 is 5.32 Å². The Morgan fingerprint density at radius 3 is 2.95 bits per heavy atom. The summed E-state index contributed by atoms with van der Waals surface area (Å²) in [5, 5.41) is 7.05. The first-order chi connectivity index (χ1) is 9.33. The molecule has 3 nitrogen and oxygen atoms in total. The summed E-state index contributed by atoms with van der Waals surface area (Å²) in [5.41, 5.74) is 1.31. The largest absolute Gasteiger partial charge is 0.308 e. The Morgan fingerprint density at radius 1 is 1.16 bits per heavy atom.